The summed E-state index contributed by atoms with van der Waals surface area (Å²) in [5, 5.41) is 4.76. The lowest BCUT2D eigenvalue weighted by atomic mass is 10.2. The van der Waals surface area contributed by atoms with Gasteiger partial charge in [0.15, 0.2) is 0 Å². The van der Waals surface area contributed by atoms with E-state index in [9.17, 15) is 0 Å². The largest absolute Gasteiger partial charge is 0.314 e. The Morgan fingerprint density at radius 3 is 2.89 bits per heavy atom. The van der Waals surface area contributed by atoms with Gasteiger partial charge in [0.1, 0.15) is 0 Å². The molecule has 1 aromatic carbocycles. The van der Waals surface area contributed by atoms with Gasteiger partial charge in [-0.05, 0) is 36.1 Å². The molecule has 1 aliphatic heterocycles. The van der Waals surface area contributed by atoms with Crippen molar-refractivity contribution in [2.45, 2.75) is 6.42 Å². The molecular weight excluding hydrogens is 308 g/mol. The van der Waals surface area contributed by atoms with Crippen molar-refractivity contribution >= 4 is 37.4 Å². The van der Waals surface area contributed by atoms with Gasteiger partial charge in [-0.2, -0.15) is 0 Å². The fourth-order valence-corrected chi connectivity index (χ4v) is 3.81. The average Bonchev–Trinajstić information content (AvgIpc) is 2.79. The molecule has 1 aromatic heterocycles. The summed E-state index contributed by atoms with van der Waals surface area (Å²) in [4.78, 5) is 4.05. The van der Waals surface area contributed by atoms with Crippen LogP contribution in [0.4, 0.5) is 0 Å². The molecular formula is C14H17BrN2S. The lowest BCUT2D eigenvalue weighted by Crippen LogP contribution is -2.44. The first-order valence-corrected chi connectivity index (χ1v) is 8.03. The van der Waals surface area contributed by atoms with Gasteiger partial charge in [-0.25, -0.2) is 0 Å². The number of nitrogens with zero attached hydrogens (tertiary/aromatic N) is 1. The van der Waals surface area contributed by atoms with E-state index >= 15 is 0 Å². The maximum atomic E-state index is 3.53. The Kier molecular flexibility index (Phi) is 3.99. The highest BCUT2D eigenvalue weighted by Crippen LogP contribution is 2.28. The van der Waals surface area contributed by atoms with Gasteiger partial charge in [0.05, 0.1) is 0 Å². The molecule has 1 N–H and O–H groups in total. The van der Waals surface area contributed by atoms with E-state index in [1.807, 2.05) is 11.3 Å². The summed E-state index contributed by atoms with van der Waals surface area (Å²) < 4.78 is 2.56. The van der Waals surface area contributed by atoms with E-state index < -0.39 is 0 Å². The summed E-state index contributed by atoms with van der Waals surface area (Å²) >= 11 is 5.46. The van der Waals surface area contributed by atoms with Crippen LogP contribution >= 0.6 is 27.3 Å². The topological polar surface area (TPSA) is 15.3 Å². The molecule has 0 radical (unpaired) electrons. The molecule has 0 unspecified atom stereocenters. The van der Waals surface area contributed by atoms with Crippen molar-refractivity contribution in [3.8, 4) is 0 Å². The second-order valence-corrected chi connectivity index (χ2v) is 6.82. The molecule has 0 amide bonds. The fourth-order valence-electron chi connectivity index (χ4n) is 2.40. The Bertz CT molecular complexity index is 532. The summed E-state index contributed by atoms with van der Waals surface area (Å²) in [6.45, 7) is 5.85. The number of benzene rings is 1. The van der Waals surface area contributed by atoms with E-state index in [0.717, 1.165) is 13.1 Å². The molecule has 0 saturated carbocycles. The minimum atomic E-state index is 1.14. The van der Waals surface area contributed by atoms with E-state index in [1.165, 1.54) is 45.5 Å². The standard InChI is InChI=1S/C14H17BrN2S/c15-12-1-2-14-11(9-12)10-13(18-14)3-6-17-7-4-16-5-8-17/h1-2,9-10,16H,3-8H2. The van der Waals surface area contributed by atoms with E-state index in [0.29, 0.717) is 0 Å². The van der Waals surface area contributed by atoms with E-state index in [2.05, 4.69) is 50.4 Å². The Morgan fingerprint density at radius 1 is 1.22 bits per heavy atom. The predicted octanol–water partition coefficient (Wildman–Crippen LogP) is 3.11. The van der Waals surface area contributed by atoms with Crippen LogP contribution in [0.5, 0.6) is 0 Å². The van der Waals surface area contributed by atoms with Crippen molar-refractivity contribution in [3.63, 3.8) is 0 Å². The van der Waals surface area contributed by atoms with Gasteiger partial charge < -0.3 is 10.2 Å². The number of fused-ring (bicyclic) bond motifs is 1. The van der Waals surface area contributed by atoms with Gasteiger partial charge >= 0.3 is 0 Å². The Hall–Kier alpha value is -0.420. The minimum absolute atomic E-state index is 1.14. The Labute approximate surface area is 120 Å². The number of piperazine rings is 1. The van der Waals surface area contributed by atoms with Crippen molar-refractivity contribution in [2.75, 3.05) is 32.7 Å². The van der Waals surface area contributed by atoms with Crippen LogP contribution in [-0.2, 0) is 6.42 Å². The zero-order chi connectivity index (χ0) is 12.4. The molecule has 0 atom stereocenters. The zero-order valence-corrected chi connectivity index (χ0v) is 12.7. The van der Waals surface area contributed by atoms with E-state index in [-0.39, 0.29) is 0 Å². The molecule has 1 aliphatic rings. The number of halogens is 1. The number of hydrogen-bond donors (Lipinski definition) is 1. The van der Waals surface area contributed by atoms with Crippen LogP contribution in [0.1, 0.15) is 4.88 Å². The fraction of sp³-hybridized carbons (Fsp3) is 0.429. The molecule has 2 heterocycles. The first-order valence-electron chi connectivity index (χ1n) is 6.42. The second-order valence-electron chi connectivity index (χ2n) is 4.74. The van der Waals surface area contributed by atoms with Crippen LogP contribution in [0.2, 0.25) is 0 Å². The first kappa shape index (κ1) is 12.6. The van der Waals surface area contributed by atoms with Crippen LogP contribution < -0.4 is 5.32 Å². The quantitative estimate of drug-likeness (QED) is 0.933. The smallest absolute Gasteiger partial charge is 0.0346 e. The molecule has 2 nitrogen and oxygen atoms in total. The average molecular weight is 325 g/mol. The third kappa shape index (κ3) is 2.94. The van der Waals surface area contributed by atoms with Gasteiger partial charge in [-0.3, -0.25) is 0 Å². The van der Waals surface area contributed by atoms with E-state index in [4.69, 9.17) is 0 Å². The van der Waals surface area contributed by atoms with Crippen molar-refractivity contribution in [3.05, 3.63) is 33.6 Å². The molecule has 18 heavy (non-hydrogen) atoms. The maximum Gasteiger partial charge on any atom is 0.0346 e. The number of hydrogen-bond acceptors (Lipinski definition) is 3. The molecule has 2 aromatic rings. The van der Waals surface area contributed by atoms with Crippen LogP contribution in [0, 0.1) is 0 Å². The number of rotatable bonds is 3. The molecule has 3 rings (SSSR count). The predicted molar refractivity (Wildman–Crippen MR) is 82.5 cm³/mol. The Morgan fingerprint density at radius 2 is 2.06 bits per heavy atom. The molecule has 0 aliphatic carbocycles. The van der Waals surface area contributed by atoms with Gasteiger partial charge in [0.2, 0.25) is 0 Å². The second kappa shape index (κ2) is 5.70. The van der Waals surface area contributed by atoms with Gasteiger partial charge in [-0.15, -0.1) is 11.3 Å². The number of nitrogens with one attached hydrogen (secondary N) is 1. The van der Waals surface area contributed by atoms with Gasteiger partial charge in [-0.1, -0.05) is 15.9 Å². The summed E-state index contributed by atoms with van der Waals surface area (Å²) in [5.74, 6) is 0. The Balaban J connectivity index is 1.67. The molecule has 96 valence electrons. The molecule has 1 saturated heterocycles. The van der Waals surface area contributed by atoms with Crippen LogP contribution in [0.15, 0.2) is 28.7 Å². The first-order chi connectivity index (χ1) is 8.81. The highest BCUT2D eigenvalue weighted by Gasteiger charge is 2.10. The van der Waals surface area contributed by atoms with Gasteiger partial charge in [0, 0.05) is 46.8 Å². The lowest BCUT2D eigenvalue weighted by molar-refractivity contribution is 0.244. The highest BCUT2D eigenvalue weighted by molar-refractivity contribution is 9.10. The molecule has 4 heteroatoms. The van der Waals surface area contributed by atoms with Gasteiger partial charge in [0.25, 0.3) is 0 Å². The van der Waals surface area contributed by atoms with Crippen LogP contribution in [-0.4, -0.2) is 37.6 Å². The normalized spacial score (nSPS) is 17.4. The van der Waals surface area contributed by atoms with Crippen molar-refractivity contribution in [1.29, 1.82) is 0 Å². The van der Waals surface area contributed by atoms with Crippen LogP contribution in [0.3, 0.4) is 0 Å². The van der Waals surface area contributed by atoms with Crippen molar-refractivity contribution in [2.24, 2.45) is 0 Å². The summed E-state index contributed by atoms with van der Waals surface area (Å²) in [7, 11) is 0. The summed E-state index contributed by atoms with van der Waals surface area (Å²) in [6.07, 6.45) is 1.18. The molecule has 0 spiro atoms. The zero-order valence-electron chi connectivity index (χ0n) is 10.3. The monoisotopic (exact) mass is 324 g/mol. The summed E-state index contributed by atoms with van der Waals surface area (Å²) in [6, 6.07) is 8.88. The highest BCUT2D eigenvalue weighted by atomic mass is 79.9. The lowest BCUT2D eigenvalue weighted by Gasteiger charge is -2.26. The van der Waals surface area contributed by atoms with Crippen molar-refractivity contribution in [1.82, 2.24) is 10.2 Å². The summed E-state index contributed by atoms with van der Waals surface area (Å²) in [5.41, 5.74) is 0. The van der Waals surface area contributed by atoms with Crippen LogP contribution in [0.25, 0.3) is 10.1 Å². The third-order valence-corrected chi connectivity index (χ3v) is 5.08. The minimum Gasteiger partial charge on any atom is -0.314 e. The maximum absolute atomic E-state index is 3.53. The number of thiophene rings is 1. The molecule has 0 bridgehead atoms. The third-order valence-electron chi connectivity index (χ3n) is 3.41. The molecule has 1 fully saturated rings. The SMILES string of the molecule is Brc1ccc2sc(CCN3CCNCC3)cc2c1. The van der Waals surface area contributed by atoms with Crippen molar-refractivity contribution < 1.29 is 0 Å². The van der Waals surface area contributed by atoms with E-state index in [1.54, 1.807) is 0 Å².